The van der Waals surface area contributed by atoms with Gasteiger partial charge in [0.2, 0.25) is 5.91 Å². The van der Waals surface area contributed by atoms with Gasteiger partial charge in [0.1, 0.15) is 17.4 Å². The molecular weight excluding hydrogens is 444 g/mol. The standard InChI is InChI=1S/C22H27ClN8O2/c1-33-9-15-14(8-31-12-28-18-19(24)26-11-27-20(18)31)17(5-4-16(15)23)30-7-6-22(25,10-30)21(32)29-13-2-3-13/h4-5,11-13H,2-3,6-10,25H2,1H3,(H,29,32)(H2,24,26,27)/t22-/m1/s1/i1D3. The molecule has 1 saturated carbocycles. The third kappa shape index (κ3) is 4.09. The van der Waals surface area contributed by atoms with Crippen molar-refractivity contribution in [2.24, 2.45) is 5.73 Å². The fraction of sp³-hybridized carbons (Fsp3) is 0.455. The second kappa shape index (κ2) is 8.44. The quantitative estimate of drug-likeness (QED) is 0.468. The van der Waals surface area contributed by atoms with Gasteiger partial charge in [0.05, 0.1) is 23.6 Å². The fourth-order valence-electron chi connectivity index (χ4n) is 4.32. The van der Waals surface area contributed by atoms with E-state index >= 15 is 0 Å². The molecule has 174 valence electrons. The van der Waals surface area contributed by atoms with Crippen LogP contribution in [0.5, 0.6) is 0 Å². The molecule has 11 heteroatoms. The predicted octanol–water partition coefficient (Wildman–Crippen LogP) is 1.44. The number of anilines is 2. The number of hydrogen-bond donors (Lipinski definition) is 3. The molecule has 1 aromatic carbocycles. The van der Waals surface area contributed by atoms with E-state index in [9.17, 15) is 4.79 Å². The summed E-state index contributed by atoms with van der Waals surface area (Å²) in [4.78, 5) is 27.5. The summed E-state index contributed by atoms with van der Waals surface area (Å²) < 4.78 is 29.4. The number of aromatic nitrogens is 4. The lowest BCUT2D eigenvalue weighted by molar-refractivity contribution is -0.125. The average Bonchev–Trinajstić information content (AvgIpc) is 3.39. The number of carbonyl (C=O) groups is 1. The highest BCUT2D eigenvalue weighted by molar-refractivity contribution is 6.31. The Labute approximate surface area is 200 Å². The fourth-order valence-corrected chi connectivity index (χ4v) is 4.55. The molecule has 33 heavy (non-hydrogen) atoms. The molecule has 0 bridgehead atoms. The first-order valence-corrected chi connectivity index (χ1v) is 11.1. The van der Waals surface area contributed by atoms with Gasteiger partial charge >= 0.3 is 0 Å². The minimum absolute atomic E-state index is 0.151. The van der Waals surface area contributed by atoms with Crippen LogP contribution in [0.2, 0.25) is 5.02 Å². The first-order chi connectivity index (χ1) is 17.0. The van der Waals surface area contributed by atoms with Crippen LogP contribution in [0.25, 0.3) is 11.2 Å². The van der Waals surface area contributed by atoms with E-state index in [1.807, 2.05) is 11.0 Å². The van der Waals surface area contributed by atoms with Gasteiger partial charge in [0, 0.05) is 48.0 Å². The number of nitrogens with two attached hydrogens (primary N) is 2. The van der Waals surface area contributed by atoms with E-state index in [1.54, 1.807) is 17.0 Å². The van der Waals surface area contributed by atoms with Crippen molar-refractivity contribution in [3.8, 4) is 0 Å². The zero-order chi connectivity index (χ0) is 25.7. The molecule has 2 fully saturated rings. The van der Waals surface area contributed by atoms with Gasteiger partial charge in [0.15, 0.2) is 11.5 Å². The Kier molecular flexibility index (Phi) is 4.72. The SMILES string of the molecule is [2H]C([2H])([2H])OCc1c(Cl)ccc(N2CC[C@](N)(C(=O)NC3CC3)C2)c1Cn1cnc2c(N)ncnc21. The van der Waals surface area contributed by atoms with Gasteiger partial charge in [-0.05, 0) is 31.4 Å². The van der Waals surface area contributed by atoms with Crippen LogP contribution in [0.15, 0.2) is 24.8 Å². The van der Waals surface area contributed by atoms with Crippen LogP contribution < -0.4 is 21.7 Å². The normalized spacial score (nSPS) is 22.2. The van der Waals surface area contributed by atoms with Crippen LogP contribution in [-0.4, -0.2) is 57.1 Å². The number of imidazole rings is 1. The van der Waals surface area contributed by atoms with E-state index in [4.69, 9.17) is 31.9 Å². The summed E-state index contributed by atoms with van der Waals surface area (Å²) in [5.41, 5.74) is 14.5. The summed E-state index contributed by atoms with van der Waals surface area (Å²) in [6.07, 6.45) is 5.38. The monoisotopic (exact) mass is 473 g/mol. The number of amides is 1. The minimum Gasteiger partial charge on any atom is -0.382 e. The number of halogens is 1. The largest absolute Gasteiger partial charge is 0.382 e. The summed E-state index contributed by atoms with van der Waals surface area (Å²) >= 11 is 6.55. The molecule has 0 radical (unpaired) electrons. The maximum Gasteiger partial charge on any atom is 0.242 e. The predicted molar refractivity (Wildman–Crippen MR) is 126 cm³/mol. The molecule has 0 unspecified atom stereocenters. The van der Waals surface area contributed by atoms with Gasteiger partial charge in [-0.2, -0.15) is 0 Å². The Morgan fingerprint density at radius 2 is 2.21 bits per heavy atom. The Morgan fingerprint density at radius 1 is 1.36 bits per heavy atom. The minimum atomic E-state index is -2.60. The lowest BCUT2D eigenvalue weighted by Crippen LogP contribution is -2.56. The lowest BCUT2D eigenvalue weighted by Gasteiger charge is -2.27. The number of nitrogens with one attached hydrogen (secondary N) is 1. The van der Waals surface area contributed by atoms with Gasteiger partial charge in [-0.3, -0.25) is 4.79 Å². The van der Waals surface area contributed by atoms with Crippen molar-refractivity contribution in [2.75, 3.05) is 30.8 Å². The van der Waals surface area contributed by atoms with Crippen molar-refractivity contribution in [1.82, 2.24) is 24.8 Å². The summed E-state index contributed by atoms with van der Waals surface area (Å²) in [5, 5.41) is 3.37. The third-order valence-corrected chi connectivity index (χ3v) is 6.68. The molecule has 2 aromatic heterocycles. The number of hydrogen-bond acceptors (Lipinski definition) is 8. The van der Waals surface area contributed by atoms with Crippen molar-refractivity contribution in [2.45, 2.75) is 44.0 Å². The molecule has 3 heterocycles. The van der Waals surface area contributed by atoms with Gasteiger partial charge in [0.25, 0.3) is 0 Å². The Balaban J connectivity index is 1.52. The van der Waals surface area contributed by atoms with Crippen LogP contribution >= 0.6 is 11.6 Å². The Hall–Kier alpha value is -2.95. The number of nitrogen functional groups attached to an aromatic ring is 1. The highest BCUT2D eigenvalue weighted by Gasteiger charge is 2.43. The maximum absolute atomic E-state index is 12.8. The first kappa shape index (κ1) is 18.5. The lowest BCUT2D eigenvalue weighted by atomic mass is 9.99. The van der Waals surface area contributed by atoms with Crippen molar-refractivity contribution < 1.29 is 13.6 Å². The number of ether oxygens (including phenoxy) is 1. The summed E-state index contributed by atoms with van der Waals surface area (Å²) in [6, 6.07) is 3.76. The van der Waals surface area contributed by atoms with Crippen LogP contribution in [0.1, 0.15) is 34.5 Å². The highest BCUT2D eigenvalue weighted by atomic mass is 35.5. The zero-order valence-corrected chi connectivity index (χ0v) is 18.7. The molecule has 2 aliphatic rings. The van der Waals surface area contributed by atoms with Crippen LogP contribution in [-0.2, 0) is 22.7 Å². The molecule has 1 atom stereocenters. The summed E-state index contributed by atoms with van der Waals surface area (Å²) in [5.74, 6) is 0.104. The zero-order valence-electron chi connectivity index (χ0n) is 20.9. The van der Waals surface area contributed by atoms with E-state index in [0.29, 0.717) is 41.3 Å². The number of carbonyl (C=O) groups excluding carboxylic acids is 1. The molecule has 3 aromatic rings. The Morgan fingerprint density at radius 3 is 3.00 bits per heavy atom. The van der Waals surface area contributed by atoms with E-state index < -0.39 is 12.6 Å². The second-order valence-electron chi connectivity index (χ2n) is 8.69. The highest BCUT2D eigenvalue weighted by Crippen LogP contribution is 2.35. The molecule has 1 amide bonds. The number of fused-ring (bicyclic) bond motifs is 1. The van der Waals surface area contributed by atoms with E-state index in [2.05, 4.69) is 20.3 Å². The molecule has 1 aliphatic heterocycles. The first-order valence-electron chi connectivity index (χ1n) is 12.2. The van der Waals surface area contributed by atoms with Crippen LogP contribution in [0, 0.1) is 0 Å². The van der Waals surface area contributed by atoms with Crippen molar-refractivity contribution >= 4 is 40.2 Å². The summed E-state index contributed by atoms with van der Waals surface area (Å²) in [7, 11) is -2.60. The summed E-state index contributed by atoms with van der Waals surface area (Å²) in [6.45, 7) is 0.874. The van der Waals surface area contributed by atoms with Crippen molar-refractivity contribution in [3.05, 3.63) is 40.9 Å². The van der Waals surface area contributed by atoms with Gasteiger partial charge < -0.3 is 31.0 Å². The van der Waals surface area contributed by atoms with Crippen molar-refractivity contribution in [3.63, 3.8) is 0 Å². The van der Waals surface area contributed by atoms with Gasteiger partial charge in [-0.15, -0.1) is 0 Å². The second-order valence-corrected chi connectivity index (χ2v) is 9.10. The molecule has 1 aliphatic carbocycles. The van der Waals surface area contributed by atoms with E-state index in [0.717, 1.165) is 24.1 Å². The molecular formula is C22H27ClN8O2. The number of benzene rings is 1. The molecule has 5 rings (SSSR count). The van der Waals surface area contributed by atoms with Crippen LogP contribution in [0.3, 0.4) is 0 Å². The Bertz CT molecular complexity index is 1310. The molecule has 10 nitrogen and oxygen atoms in total. The number of nitrogens with zero attached hydrogens (tertiary/aromatic N) is 5. The topological polar surface area (TPSA) is 137 Å². The van der Waals surface area contributed by atoms with E-state index in [1.165, 1.54) is 6.33 Å². The number of methoxy groups -OCH3 is 1. The smallest absolute Gasteiger partial charge is 0.242 e. The maximum atomic E-state index is 12.8. The van der Waals surface area contributed by atoms with Crippen molar-refractivity contribution in [1.29, 1.82) is 0 Å². The molecule has 0 spiro atoms. The van der Waals surface area contributed by atoms with E-state index in [-0.39, 0.29) is 30.9 Å². The third-order valence-electron chi connectivity index (χ3n) is 6.33. The van der Waals surface area contributed by atoms with Crippen LogP contribution in [0.4, 0.5) is 11.5 Å². The van der Waals surface area contributed by atoms with Gasteiger partial charge in [-0.25, -0.2) is 15.0 Å². The average molecular weight is 474 g/mol. The van der Waals surface area contributed by atoms with Gasteiger partial charge in [-0.1, -0.05) is 11.6 Å². The number of rotatable bonds is 7. The molecule has 5 N–H and O–H groups in total. The molecule has 1 saturated heterocycles.